The number of hydrogen-bond acceptors (Lipinski definition) is 5. The number of hydrogen-bond donors (Lipinski definition) is 3. The van der Waals surface area contributed by atoms with Gasteiger partial charge in [-0.15, -0.1) is 0 Å². The largest absolute Gasteiger partial charge is 0.370 e. The molecule has 0 atom stereocenters. The highest BCUT2D eigenvalue weighted by Crippen LogP contribution is 2.07. The van der Waals surface area contributed by atoms with Gasteiger partial charge in [0.1, 0.15) is 25.4 Å². The molecule has 0 saturated carbocycles. The third-order valence-corrected chi connectivity index (χ3v) is 4.21. The van der Waals surface area contributed by atoms with Crippen molar-refractivity contribution >= 4 is 17.6 Å². The second kappa shape index (κ2) is 8.59. The number of nitrogens with one attached hydrogen (secondary N) is 3. The fourth-order valence-corrected chi connectivity index (χ4v) is 2.76. The average Bonchev–Trinajstić information content (AvgIpc) is 3.06. The van der Waals surface area contributed by atoms with Gasteiger partial charge in [-0.05, 0) is 12.5 Å². The van der Waals surface area contributed by atoms with Crippen LogP contribution in [-0.2, 0) is 27.4 Å². The van der Waals surface area contributed by atoms with Gasteiger partial charge in [0.05, 0.1) is 13.2 Å². The van der Waals surface area contributed by atoms with Crippen LogP contribution in [0.3, 0.4) is 0 Å². The molecular formula is C18H23N4O4+. The van der Waals surface area contributed by atoms with Gasteiger partial charge in [0.2, 0.25) is 0 Å². The number of aryl methyl sites for hydroxylation is 1. The van der Waals surface area contributed by atoms with Crippen LogP contribution in [0.2, 0.25) is 0 Å². The number of carbonyl (C=O) groups is 2. The average molecular weight is 359 g/mol. The van der Waals surface area contributed by atoms with E-state index in [-0.39, 0.29) is 12.4 Å². The number of anilines is 1. The van der Waals surface area contributed by atoms with Crippen LogP contribution in [0.5, 0.6) is 0 Å². The first kappa shape index (κ1) is 18.1. The number of ether oxygens (including phenoxy) is 1. The summed E-state index contributed by atoms with van der Waals surface area (Å²) in [5, 5.41) is 8.60. The summed E-state index contributed by atoms with van der Waals surface area (Å²) in [6, 6.07) is 9.59. The number of quaternary nitrogens is 1. The SMILES string of the molecule is Cc1cc(NC(=O)C(=O)NCc2ccc(C[NH+]3CCOCC3)cc2)no1. The predicted octanol–water partition coefficient (Wildman–Crippen LogP) is -0.347. The van der Waals surface area contributed by atoms with Gasteiger partial charge < -0.3 is 19.5 Å². The van der Waals surface area contributed by atoms with E-state index in [4.69, 9.17) is 9.26 Å². The molecule has 0 aliphatic carbocycles. The highest BCUT2D eigenvalue weighted by atomic mass is 16.5. The Hall–Kier alpha value is -2.71. The maximum absolute atomic E-state index is 11.9. The minimum absolute atomic E-state index is 0.220. The van der Waals surface area contributed by atoms with Crippen LogP contribution in [0.1, 0.15) is 16.9 Å². The number of aromatic nitrogens is 1. The summed E-state index contributed by atoms with van der Waals surface area (Å²) >= 11 is 0. The van der Waals surface area contributed by atoms with Gasteiger partial charge in [-0.25, -0.2) is 0 Å². The minimum atomic E-state index is -0.772. The normalized spacial score (nSPS) is 14.8. The summed E-state index contributed by atoms with van der Waals surface area (Å²) in [5.41, 5.74) is 2.18. The Morgan fingerprint density at radius 1 is 1.12 bits per heavy atom. The number of rotatable bonds is 5. The number of benzene rings is 1. The van der Waals surface area contributed by atoms with E-state index in [9.17, 15) is 9.59 Å². The molecule has 0 spiro atoms. The van der Waals surface area contributed by atoms with Crippen molar-refractivity contribution in [1.29, 1.82) is 0 Å². The van der Waals surface area contributed by atoms with E-state index in [1.807, 2.05) is 12.1 Å². The molecular weight excluding hydrogens is 336 g/mol. The number of nitrogens with zero attached hydrogens (tertiary/aromatic N) is 1. The molecule has 138 valence electrons. The summed E-state index contributed by atoms with van der Waals surface area (Å²) in [7, 11) is 0. The van der Waals surface area contributed by atoms with Crippen LogP contribution in [0, 0.1) is 6.92 Å². The molecule has 3 N–H and O–H groups in total. The van der Waals surface area contributed by atoms with E-state index in [0.29, 0.717) is 5.76 Å². The van der Waals surface area contributed by atoms with Crippen LogP contribution in [0.4, 0.5) is 5.82 Å². The number of carbonyl (C=O) groups excluding carboxylic acids is 2. The zero-order valence-electron chi connectivity index (χ0n) is 14.7. The Balaban J connectivity index is 1.44. The summed E-state index contributed by atoms with van der Waals surface area (Å²) in [5.74, 6) is -0.712. The summed E-state index contributed by atoms with van der Waals surface area (Å²) in [4.78, 5) is 25.2. The van der Waals surface area contributed by atoms with Crippen LogP contribution < -0.4 is 15.5 Å². The first-order chi connectivity index (χ1) is 12.6. The predicted molar refractivity (Wildman–Crippen MR) is 93.4 cm³/mol. The van der Waals surface area contributed by atoms with Gasteiger partial charge in [-0.3, -0.25) is 14.9 Å². The fraction of sp³-hybridized carbons (Fsp3) is 0.389. The molecule has 1 aliphatic heterocycles. The molecule has 1 saturated heterocycles. The molecule has 2 heterocycles. The van der Waals surface area contributed by atoms with Crippen molar-refractivity contribution in [3.05, 3.63) is 47.2 Å². The van der Waals surface area contributed by atoms with Gasteiger partial charge in [0, 0.05) is 18.2 Å². The molecule has 1 aromatic heterocycles. The Labute approximate surface area is 151 Å². The summed E-state index contributed by atoms with van der Waals surface area (Å²) in [6.45, 7) is 6.64. The quantitative estimate of drug-likeness (QED) is 0.634. The molecule has 2 aromatic rings. The topological polar surface area (TPSA) is 97.9 Å². The van der Waals surface area contributed by atoms with Crippen LogP contribution in [0.25, 0.3) is 0 Å². The lowest BCUT2D eigenvalue weighted by Crippen LogP contribution is -3.12. The highest BCUT2D eigenvalue weighted by Gasteiger charge is 2.16. The maximum atomic E-state index is 11.9. The lowest BCUT2D eigenvalue weighted by molar-refractivity contribution is -0.921. The molecule has 1 aromatic carbocycles. The molecule has 8 nitrogen and oxygen atoms in total. The molecule has 26 heavy (non-hydrogen) atoms. The standard InChI is InChI=1S/C18H22N4O4/c1-13-10-16(21-26-13)20-18(24)17(23)19-11-14-2-4-15(5-3-14)12-22-6-8-25-9-7-22/h2-5,10H,6-9,11-12H2,1H3,(H,19,23)(H,20,21,24)/p+1. The number of morpholine rings is 1. The minimum Gasteiger partial charge on any atom is -0.370 e. The van der Waals surface area contributed by atoms with Gasteiger partial charge in [0.15, 0.2) is 5.82 Å². The Kier molecular flexibility index (Phi) is 5.98. The van der Waals surface area contributed by atoms with Gasteiger partial charge in [-0.1, -0.05) is 29.4 Å². The molecule has 1 fully saturated rings. The van der Waals surface area contributed by atoms with E-state index >= 15 is 0 Å². The summed E-state index contributed by atoms with van der Waals surface area (Å²) < 4.78 is 10.2. The smallest absolute Gasteiger partial charge is 0.314 e. The third kappa shape index (κ3) is 5.14. The van der Waals surface area contributed by atoms with E-state index in [0.717, 1.165) is 38.4 Å². The van der Waals surface area contributed by atoms with Crippen molar-refractivity contribution in [2.24, 2.45) is 0 Å². The van der Waals surface area contributed by atoms with Crippen LogP contribution in [-0.4, -0.2) is 43.3 Å². The highest BCUT2D eigenvalue weighted by molar-refractivity contribution is 6.39. The first-order valence-corrected chi connectivity index (χ1v) is 8.62. The van der Waals surface area contributed by atoms with Gasteiger partial charge in [-0.2, -0.15) is 0 Å². The van der Waals surface area contributed by atoms with E-state index in [1.54, 1.807) is 13.0 Å². The second-order valence-corrected chi connectivity index (χ2v) is 6.32. The number of amides is 2. The Bertz CT molecular complexity index is 751. The monoisotopic (exact) mass is 359 g/mol. The molecule has 8 heteroatoms. The van der Waals surface area contributed by atoms with Crippen molar-refractivity contribution in [3.8, 4) is 0 Å². The first-order valence-electron chi connectivity index (χ1n) is 8.62. The van der Waals surface area contributed by atoms with E-state index in [2.05, 4.69) is 27.9 Å². The van der Waals surface area contributed by atoms with E-state index in [1.165, 1.54) is 10.5 Å². The fourth-order valence-electron chi connectivity index (χ4n) is 2.76. The Morgan fingerprint density at radius 3 is 2.46 bits per heavy atom. The molecule has 0 radical (unpaired) electrons. The van der Waals surface area contributed by atoms with E-state index < -0.39 is 11.8 Å². The lowest BCUT2D eigenvalue weighted by atomic mass is 10.1. The zero-order valence-corrected chi connectivity index (χ0v) is 14.7. The van der Waals surface area contributed by atoms with Crippen molar-refractivity contribution in [2.75, 3.05) is 31.6 Å². The molecule has 0 unspecified atom stereocenters. The third-order valence-electron chi connectivity index (χ3n) is 4.21. The van der Waals surface area contributed by atoms with Gasteiger partial charge in [0.25, 0.3) is 0 Å². The van der Waals surface area contributed by atoms with Crippen LogP contribution in [0.15, 0.2) is 34.9 Å². The zero-order chi connectivity index (χ0) is 18.4. The molecule has 3 rings (SSSR count). The van der Waals surface area contributed by atoms with Crippen molar-refractivity contribution < 1.29 is 23.7 Å². The lowest BCUT2D eigenvalue weighted by Gasteiger charge is -2.23. The van der Waals surface area contributed by atoms with Crippen LogP contribution >= 0.6 is 0 Å². The molecule has 2 amide bonds. The van der Waals surface area contributed by atoms with Gasteiger partial charge >= 0.3 is 11.8 Å². The van der Waals surface area contributed by atoms with Crippen molar-refractivity contribution in [3.63, 3.8) is 0 Å². The Morgan fingerprint density at radius 2 is 1.81 bits per heavy atom. The van der Waals surface area contributed by atoms with Crippen molar-refractivity contribution in [2.45, 2.75) is 20.0 Å². The molecule has 1 aliphatic rings. The van der Waals surface area contributed by atoms with Crippen molar-refractivity contribution in [1.82, 2.24) is 10.5 Å². The molecule has 0 bridgehead atoms. The maximum Gasteiger partial charge on any atom is 0.314 e. The summed E-state index contributed by atoms with van der Waals surface area (Å²) in [6.07, 6.45) is 0. The second-order valence-electron chi connectivity index (χ2n) is 6.32.